The normalized spacial score (nSPS) is 11.8. The molecule has 6 heteroatoms. The number of benzene rings is 1. The van der Waals surface area contributed by atoms with Crippen LogP contribution < -0.4 is 9.79 Å². The first kappa shape index (κ1) is 10.3. The molecule has 0 radical (unpaired) electrons. The molecule has 1 aromatic carbocycles. The van der Waals surface area contributed by atoms with Crippen LogP contribution in [0.1, 0.15) is 11.4 Å². The Morgan fingerprint density at radius 1 is 1.38 bits per heavy atom. The zero-order valence-corrected chi connectivity index (χ0v) is 9.03. The second-order valence-electron chi connectivity index (χ2n) is 3.31. The van der Waals surface area contributed by atoms with Crippen molar-refractivity contribution in [3.05, 3.63) is 41.7 Å². The van der Waals surface area contributed by atoms with Crippen molar-refractivity contribution >= 4 is 5.90 Å². The smallest absolute Gasteiger partial charge is 0.283 e. The molecule has 0 saturated carbocycles. The maximum absolute atomic E-state index is 11.7. The summed E-state index contributed by atoms with van der Waals surface area (Å²) in [6.07, 6.45) is 0. The second-order valence-corrected chi connectivity index (χ2v) is 3.31. The van der Waals surface area contributed by atoms with Crippen molar-refractivity contribution in [2.75, 3.05) is 0 Å². The number of aryl methyl sites for hydroxylation is 1. The van der Waals surface area contributed by atoms with Gasteiger partial charge in [0.2, 0.25) is 0 Å². The largest absolute Gasteiger partial charge is 0.856 e. The van der Waals surface area contributed by atoms with Crippen molar-refractivity contribution in [1.82, 2.24) is 15.2 Å². The topological polar surface area (TPSA) is 70.0 Å². The molecule has 2 aromatic rings. The Morgan fingerprint density at radius 2 is 2.06 bits per heavy atom. The summed E-state index contributed by atoms with van der Waals surface area (Å²) in [6, 6.07) is 8.83. The van der Waals surface area contributed by atoms with Gasteiger partial charge in [-0.15, -0.1) is 4.68 Å². The van der Waals surface area contributed by atoms with Crippen LogP contribution in [-0.4, -0.2) is 21.1 Å². The molecule has 1 aromatic heterocycles. The van der Waals surface area contributed by atoms with Crippen LogP contribution in [0.3, 0.4) is 0 Å². The lowest BCUT2D eigenvalue weighted by atomic mass is 10.2. The molecule has 0 aliphatic rings. The first-order valence-corrected chi connectivity index (χ1v) is 4.78. The van der Waals surface area contributed by atoms with Crippen molar-refractivity contribution < 1.29 is 9.79 Å². The minimum Gasteiger partial charge on any atom is -0.856 e. The van der Waals surface area contributed by atoms with Crippen LogP contribution in [0, 0.1) is 6.92 Å². The van der Waals surface area contributed by atoms with Gasteiger partial charge in [0, 0.05) is 17.6 Å². The Labute approximate surface area is 92.4 Å². The molecule has 2 rings (SSSR count). The van der Waals surface area contributed by atoms with Crippen LogP contribution >= 0.6 is 0 Å². The lowest BCUT2D eigenvalue weighted by Crippen LogP contribution is -2.33. The molecule has 16 heavy (non-hydrogen) atoms. The fraction of sp³-hybridized carbons (Fsp3) is 0.200. The molecular formula is C10H11N5O. The lowest BCUT2D eigenvalue weighted by Gasteiger charge is -2.06. The van der Waals surface area contributed by atoms with Crippen LogP contribution in [0.4, 0.5) is 0 Å². The summed E-state index contributed by atoms with van der Waals surface area (Å²) in [5.41, 5.74) is 0.528. The van der Waals surface area contributed by atoms with Gasteiger partial charge in [-0.25, -0.2) is 0 Å². The summed E-state index contributed by atoms with van der Waals surface area (Å²) in [4.78, 5) is 1.22. The Bertz CT molecular complexity index is 517. The van der Waals surface area contributed by atoms with Crippen LogP contribution in [0.15, 0.2) is 35.4 Å². The Hall–Kier alpha value is -2.24. The third-order valence-electron chi connectivity index (χ3n) is 2.22. The molecule has 6 nitrogen and oxygen atoms in total. The highest BCUT2D eigenvalue weighted by molar-refractivity contribution is 5.90. The highest BCUT2D eigenvalue weighted by Crippen LogP contribution is 1.98. The fourth-order valence-corrected chi connectivity index (χ4v) is 1.17. The summed E-state index contributed by atoms with van der Waals surface area (Å²) >= 11 is 0. The van der Waals surface area contributed by atoms with Crippen molar-refractivity contribution in [3.8, 4) is 0 Å². The van der Waals surface area contributed by atoms with Gasteiger partial charge in [0.05, 0.1) is 7.05 Å². The monoisotopic (exact) mass is 217 g/mol. The van der Waals surface area contributed by atoms with Gasteiger partial charge in [0.15, 0.2) is 5.21 Å². The lowest BCUT2D eigenvalue weighted by molar-refractivity contribution is -0.737. The van der Waals surface area contributed by atoms with Crippen LogP contribution in [0.2, 0.25) is 0 Å². The molecule has 0 aliphatic carbocycles. The van der Waals surface area contributed by atoms with Gasteiger partial charge < -0.3 is 5.11 Å². The Kier molecular flexibility index (Phi) is 2.63. The third kappa shape index (κ3) is 1.90. The van der Waals surface area contributed by atoms with E-state index in [0.717, 1.165) is 0 Å². The summed E-state index contributed by atoms with van der Waals surface area (Å²) in [5, 5.41) is 23.0. The number of tetrazole rings is 1. The Morgan fingerprint density at radius 3 is 2.62 bits per heavy atom. The highest BCUT2D eigenvalue weighted by Gasteiger charge is 2.11. The molecule has 0 spiro atoms. The number of rotatable bonds is 2. The molecule has 0 atom stereocenters. The van der Waals surface area contributed by atoms with Crippen molar-refractivity contribution in [3.63, 3.8) is 0 Å². The predicted octanol–water partition coefficient (Wildman–Crippen LogP) is -1.02. The van der Waals surface area contributed by atoms with Crippen LogP contribution in [0.25, 0.3) is 0 Å². The van der Waals surface area contributed by atoms with E-state index in [4.69, 9.17) is 0 Å². The molecule has 0 unspecified atom stereocenters. The van der Waals surface area contributed by atoms with Crippen LogP contribution in [-0.2, 0) is 7.05 Å². The average molecular weight is 217 g/mol. The number of aromatic nitrogens is 4. The standard InChI is InChI=1S/C10H11N5O/c1-8-14(2)12-13-15(8)11-10(16)9-6-4-3-5-7-9/h3-7H,1-2H3. The maximum atomic E-state index is 11.7. The third-order valence-corrected chi connectivity index (χ3v) is 2.22. The first-order chi connectivity index (χ1) is 7.68. The highest BCUT2D eigenvalue weighted by atomic mass is 16.3. The molecule has 0 fully saturated rings. The Balaban J connectivity index is 2.35. The van der Waals surface area contributed by atoms with E-state index >= 15 is 0 Å². The van der Waals surface area contributed by atoms with Gasteiger partial charge in [-0.2, -0.15) is 0 Å². The van der Waals surface area contributed by atoms with Gasteiger partial charge in [-0.1, -0.05) is 35.4 Å². The van der Waals surface area contributed by atoms with E-state index in [1.165, 1.54) is 4.79 Å². The van der Waals surface area contributed by atoms with Crippen LogP contribution in [0.5, 0.6) is 0 Å². The van der Waals surface area contributed by atoms with E-state index in [1.807, 2.05) is 6.07 Å². The summed E-state index contributed by atoms with van der Waals surface area (Å²) < 4.78 is 1.54. The molecule has 0 amide bonds. The van der Waals surface area contributed by atoms with Gasteiger partial charge in [0.25, 0.3) is 5.82 Å². The zero-order valence-electron chi connectivity index (χ0n) is 9.03. The van der Waals surface area contributed by atoms with Crippen molar-refractivity contribution in [2.24, 2.45) is 12.1 Å². The molecule has 82 valence electrons. The molecule has 0 bridgehead atoms. The first-order valence-electron chi connectivity index (χ1n) is 4.78. The molecule has 0 saturated heterocycles. The molecule has 1 heterocycles. The zero-order chi connectivity index (χ0) is 11.5. The number of nitrogens with zero attached hydrogens (tertiary/aromatic N) is 5. The van der Waals surface area contributed by atoms with E-state index in [-0.39, 0.29) is 5.90 Å². The summed E-state index contributed by atoms with van der Waals surface area (Å²) in [6.45, 7) is 1.78. The van der Waals surface area contributed by atoms with E-state index in [9.17, 15) is 5.11 Å². The van der Waals surface area contributed by atoms with Gasteiger partial charge in [0.1, 0.15) is 5.21 Å². The predicted molar refractivity (Wildman–Crippen MR) is 54.3 cm³/mol. The molecule has 0 N–H and O–H groups in total. The minimum atomic E-state index is -0.339. The maximum Gasteiger partial charge on any atom is 0.283 e. The van der Waals surface area contributed by atoms with Crippen molar-refractivity contribution in [2.45, 2.75) is 6.92 Å². The van der Waals surface area contributed by atoms with Crippen molar-refractivity contribution in [1.29, 1.82) is 0 Å². The van der Waals surface area contributed by atoms with E-state index in [2.05, 4.69) is 15.5 Å². The van der Waals surface area contributed by atoms with Gasteiger partial charge in [-0.3, -0.25) is 0 Å². The second kappa shape index (κ2) is 4.09. The quantitative estimate of drug-likeness (QED) is 0.367. The van der Waals surface area contributed by atoms with E-state index in [0.29, 0.717) is 11.4 Å². The van der Waals surface area contributed by atoms with Gasteiger partial charge >= 0.3 is 0 Å². The fourth-order valence-electron chi connectivity index (χ4n) is 1.17. The SMILES string of the molecule is Cc1n(/N=C(\[O-])c2ccccc2)nn[n+]1C. The summed E-state index contributed by atoms with van der Waals surface area (Å²) in [7, 11) is 1.74. The molecular weight excluding hydrogens is 206 g/mol. The minimum absolute atomic E-state index is 0.339. The number of hydrogen-bond acceptors (Lipinski definition) is 4. The van der Waals surface area contributed by atoms with E-state index < -0.39 is 0 Å². The number of hydrogen-bond donors (Lipinski definition) is 0. The van der Waals surface area contributed by atoms with Gasteiger partial charge in [-0.05, 0) is 5.56 Å². The molecule has 0 aliphatic heterocycles. The summed E-state index contributed by atoms with van der Waals surface area (Å²) in [5.74, 6) is 0.346. The van der Waals surface area contributed by atoms with E-state index in [1.54, 1.807) is 42.9 Å². The average Bonchev–Trinajstić information content (AvgIpc) is 2.62.